The lowest BCUT2D eigenvalue weighted by molar-refractivity contribution is 1.85. The number of rotatable bonds is 2. The van der Waals surface area contributed by atoms with E-state index in [1.807, 2.05) is 45.3 Å². The highest BCUT2D eigenvalue weighted by atomic mass is 79.9. The van der Waals surface area contributed by atoms with Crippen LogP contribution in [0.5, 0.6) is 0 Å². The molecule has 28 heavy (non-hydrogen) atoms. The minimum Gasteiger partial charge on any atom is -0.134 e. The van der Waals surface area contributed by atoms with Gasteiger partial charge in [-0.15, -0.1) is 45.3 Å². The van der Waals surface area contributed by atoms with Crippen molar-refractivity contribution >= 4 is 107 Å². The Kier molecular flexibility index (Phi) is 4.30. The zero-order valence-electron chi connectivity index (χ0n) is 14.2. The van der Waals surface area contributed by atoms with Crippen LogP contribution in [0.25, 0.3) is 49.1 Å². The van der Waals surface area contributed by atoms with Crippen LogP contribution in [0.4, 0.5) is 0 Å². The van der Waals surface area contributed by atoms with Crippen molar-refractivity contribution in [3.05, 3.63) is 69.6 Å². The summed E-state index contributed by atoms with van der Waals surface area (Å²) in [6.45, 7) is 0. The van der Waals surface area contributed by atoms with Crippen LogP contribution >= 0.6 is 77.2 Å². The standard InChI is InChI=1S/C22H10Br2S4/c23-17-19(15-9-11-5-1-3-7-13(11)25-15)27-22-18(24)20(28-21(17)22)16-10-12-6-2-4-8-14(12)26-16/h1-10H. The van der Waals surface area contributed by atoms with Crippen LogP contribution in [0.3, 0.4) is 0 Å². The second-order valence-corrected chi connectivity index (χ2v) is 12.2. The summed E-state index contributed by atoms with van der Waals surface area (Å²) in [6, 6.07) is 21.8. The number of thiophene rings is 4. The van der Waals surface area contributed by atoms with E-state index in [-0.39, 0.29) is 0 Å². The summed E-state index contributed by atoms with van der Waals surface area (Å²) in [6.07, 6.45) is 0. The number of halogens is 2. The van der Waals surface area contributed by atoms with Crippen LogP contribution in [0, 0.1) is 0 Å². The SMILES string of the molecule is Brc1c(-c2cc3ccccc3s2)sc2c(Br)c(-c3cc4ccccc4s3)sc12. The maximum Gasteiger partial charge on any atom is 0.0618 e. The van der Waals surface area contributed by atoms with E-state index in [0.29, 0.717) is 0 Å². The molecule has 0 aliphatic rings. The van der Waals surface area contributed by atoms with Gasteiger partial charge in [0.2, 0.25) is 0 Å². The molecule has 2 aromatic carbocycles. The van der Waals surface area contributed by atoms with Crippen LogP contribution in [0.1, 0.15) is 0 Å². The zero-order chi connectivity index (χ0) is 18.8. The van der Waals surface area contributed by atoms with Gasteiger partial charge in [-0.3, -0.25) is 0 Å². The average molecular weight is 562 g/mol. The van der Waals surface area contributed by atoms with Crippen molar-refractivity contribution in [2.75, 3.05) is 0 Å². The van der Waals surface area contributed by atoms with Crippen molar-refractivity contribution in [2.24, 2.45) is 0 Å². The van der Waals surface area contributed by atoms with E-state index in [1.54, 1.807) is 0 Å². The van der Waals surface area contributed by atoms with Gasteiger partial charge in [0.25, 0.3) is 0 Å². The van der Waals surface area contributed by atoms with Gasteiger partial charge in [0, 0.05) is 19.2 Å². The maximum atomic E-state index is 3.91. The Balaban J connectivity index is 1.52. The van der Waals surface area contributed by atoms with Crippen LogP contribution in [-0.4, -0.2) is 0 Å². The van der Waals surface area contributed by atoms with Gasteiger partial charge in [0.05, 0.1) is 28.1 Å². The fourth-order valence-electron chi connectivity index (χ4n) is 3.39. The first kappa shape index (κ1) is 17.8. The van der Waals surface area contributed by atoms with E-state index >= 15 is 0 Å². The molecule has 0 N–H and O–H groups in total. The molecule has 0 nitrogen and oxygen atoms in total. The Labute approximate surface area is 194 Å². The molecule has 6 heteroatoms. The Morgan fingerprint density at radius 2 is 0.964 bits per heavy atom. The number of hydrogen-bond acceptors (Lipinski definition) is 4. The molecule has 4 heterocycles. The summed E-state index contributed by atoms with van der Waals surface area (Å²) < 4.78 is 7.78. The Morgan fingerprint density at radius 3 is 1.39 bits per heavy atom. The van der Waals surface area contributed by atoms with Crippen molar-refractivity contribution in [3.8, 4) is 19.5 Å². The summed E-state index contributed by atoms with van der Waals surface area (Å²) in [5.74, 6) is 0. The van der Waals surface area contributed by atoms with Crippen LogP contribution < -0.4 is 0 Å². The van der Waals surface area contributed by atoms with Gasteiger partial charge in [0.15, 0.2) is 0 Å². The fourth-order valence-corrected chi connectivity index (χ4v) is 10.5. The second-order valence-electron chi connectivity index (χ2n) is 6.45. The third kappa shape index (κ3) is 2.70. The topological polar surface area (TPSA) is 0 Å². The molecule has 0 radical (unpaired) electrons. The predicted octanol–water partition coefficient (Wildman–Crippen LogP) is 10.3. The molecular weight excluding hydrogens is 552 g/mol. The first-order valence-electron chi connectivity index (χ1n) is 8.57. The van der Waals surface area contributed by atoms with Gasteiger partial charge < -0.3 is 0 Å². The van der Waals surface area contributed by atoms with Crippen molar-refractivity contribution < 1.29 is 0 Å². The molecule has 0 bridgehead atoms. The lowest BCUT2D eigenvalue weighted by Gasteiger charge is -1.95. The molecule has 136 valence electrons. The molecule has 4 aromatic heterocycles. The molecule has 0 saturated carbocycles. The molecule has 0 amide bonds. The smallest absolute Gasteiger partial charge is 0.0618 e. The third-order valence-corrected chi connectivity index (χ3v) is 12.5. The highest BCUT2D eigenvalue weighted by molar-refractivity contribution is 9.11. The van der Waals surface area contributed by atoms with E-state index in [9.17, 15) is 0 Å². The zero-order valence-corrected chi connectivity index (χ0v) is 20.6. The van der Waals surface area contributed by atoms with E-state index < -0.39 is 0 Å². The van der Waals surface area contributed by atoms with Crippen molar-refractivity contribution in [2.45, 2.75) is 0 Å². The summed E-state index contributed by atoms with van der Waals surface area (Å²) >= 11 is 15.3. The average Bonchev–Trinajstić information content (AvgIpc) is 3.44. The highest BCUT2D eigenvalue weighted by Crippen LogP contribution is 2.54. The lowest BCUT2D eigenvalue weighted by Crippen LogP contribution is -1.65. The largest absolute Gasteiger partial charge is 0.134 e. The van der Waals surface area contributed by atoms with Crippen LogP contribution in [-0.2, 0) is 0 Å². The van der Waals surface area contributed by atoms with Gasteiger partial charge in [-0.1, -0.05) is 36.4 Å². The van der Waals surface area contributed by atoms with Gasteiger partial charge in [-0.05, 0) is 66.9 Å². The maximum absolute atomic E-state index is 3.91. The lowest BCUT2D eigenvalue weighted by atomic mass is 10.2. The Bertz CT molecular complexity index is 1320. The normalized spacial score (nSPS) is 11.9. The quantitative estimate of drug-likeness (QED) is 0.197. The fraction of sp³-hybridized carbons (Fsp3) is 0. The van der Waals surface area contributed by atoms with Crippen LogP contribution in [0.2, 0.25) is 0 Å². The van der Waals surface area contributed by atoms with E-state index in [4.69, 9.17) is 0 Å². The van der Waals surface area contributed by atoms with E-state index in [0.717, 1.165) is 0 Å². The van der Waals surface area contributed by atoms with Gasteiger partial charge in [0.1, 0.15) is 0 Å². The van der Waals surface area contributed by atoms with Crippen LogP contribution in [0.15, 0.2) is 69.6 Å². The van der Waals surface area contributed by atoms with Crippen molar-refractivity contribution in [3.63, 3.8) is 0 Å². The molecule has 0 fully saturated rings. The Hall–Kier alpha value is -1.02. The second kappa shape index (κ2) is 6.76. The molecule has 0 aliphatic carbocycles. The third-order valence-electron chi connectivity index (χ3n) is 4.71. The molecule has 6 rings (SSSR count). The highest BCUT2D eigenvalue weighted by Gasteiger charge is 2.22. The summed E-state index contributed by atoms with van der Waals surface area (Å²) in [5, 5.41) is 2.63. The monoisotopic (exact) mass is 560 g/mol. The summed E-state index contributed by atoms with van der Waals surface area (Å²) in [5.41, 5.74) is 0. The van der Waals surface area contributed by atoms with Crippen molar-refractivity contribution in [1.82, 2.24) is 0 Å². The molecule has 0 atom stereocenters. The number of benzene rings is 2. The molecule has 0 unspecified atom stereocenters. The van der Waals surface area contributed by atoms with E-state index in [1.165, 1.54) is 58.0 Å². The molecule has 6 aromatic rings. The minimum absolute atomic E-state index is 1.22. The summed E-state index contributed by atoms with van der Waals surface area (Å²) in [7, 11) is 0. The van der Waals surface area contributed by atoms with Gasteiger partial charge in [-0.25, -0.2) is 0 Å². The molecule has 0 aliphatic heterocycles. The first-order chi connectivity index (χ1) is 13.7. The molecule has 0 spiro atoms. The summed E-state index contributed by atoms with van der Waals surface area (Å²) in [4.78, 5) is 5.31. The number of fused-ring (bicyclic) bond motifs is 3. The predicted molar refractivity (Wildman–Crippen MR) is 137 cm³/mol. The van der Waals surface area contributed by atoms with Gasteiger partial charge >= 0.3 is 0 Å². The van der Waals surface area contributed by atoms with E-state index in [2.05, 4.69) is 92.5 Å². The molecule has 0 saturated heterocycles. The first-order valence-corrected chi connectivity index (χ1v) is 13.4. The number of hydrogen-bond donors (Lipinski definition) is 0. The van der Waals surface area contributed by atoms with Gasteiger partial charge in [-0.2, -0.15) is 0 Å². The molecular formula is C22H10Br2S4. The minimum atomic E-state index is 1.22. The Morgan fingerprint density at radius 1 is 0.536 bits per heavy atom. The van der Waals surface area contributed by atoms with Crippen molar-refractivity contribution in [1.29, 1.82) is 0 Å².